The summed E-state index contributed by atoms with van der Waals surface area (Å²) >= 11 is 5.11. The van der Waals surface area contributed by atoms with Crippen LogP contribution in [0.15, 0.2) is 54.6 Å². The highest BCUT2D eigenvalue weighted by atomic mass is 32.1. The number of hydrogen-bond acceptors (Lipinski definition) is 4. The summed E-state index contributed by atoms with van der Waals surface area (Å²) in [4.78, 5) is 11.7. The van der Waals surface area contributed by atoms with E-state index in [2.05, 4.69) is 21.5 Å². The van der Waals surface area contributed by atoms with Gasteiger partial charge in [0.25, 0.3) is 5.91 Å². The molecule has 0 fully saturated rings. The van der Waals surface area contributed by atoms with Crippen LogP contribution in [-0.4, -0.2) is 24.7 Å². The average molecular weight is 330 g/mol. The largest absolute Gasteiger partial charge is 0.497 e. The van der Waals surface area contributed by atoms with Gasteiger partial charge in [0.2, 0.25) is 0 Å². The van der Waals surface area contributed by atoms with Crippen molar-refractivity contribution in [3.63, 3.8) is 0 Å². The van der Waals surface area contributed by atoms with Crippen molar-refractivity contribution in [3.8, 4) is 5.75 Å². The van der Waals surface area contributed by atoms with Crippen molar-refractivity contribution in [1.29, 1.82) is 0 Å². The first-order valence-electron chi connectivity index (χ1n) is 6.96. The highest BCUT2D eigenvalue weighted by Gasteiger charge is 2.03. The van der Waals surface area contributed by atoms with Crippen molar-refractivity contribution in [2.75, 3.05) is 24.3 Å². The topological polar surface area (TPSA) is 74.4 Å². The molecule has 0 aliphatic rings. The number of hydrazine groups is 1. The Labute approximate surface area is 140 Å². The van der Waals surface area contributed by atoms with Crippen LogP contribution in [0.3, 0.4) is 0 Å². The minimum atomic E-state index is -0.233. The van der Waals surface area contributed by atoms with Crippen LogP contribution in [0.5, 0.6) is 5.75 Å². The molecule has 0 atom stereocenters. The van der Waals surface area contributed by atoms with Gasteiger partial charge in [-0.05, 0) is 36.5 Å². The second kappa shape index (κ2) is 8.60. The molecule has 0 saturated carbocycles. The van der Waals surface area contributed by atoms with Crippen LogP contribution in [0.2, 0.25) is 0 Å². The van der Waals surface area contributed by atoms with Gasteiger partial charge in [0.15, 0.2) is 5.11 Å². The zero-order valence-electron chi connectivity index (χ0n) is 12.6. The van der Waals surface area contributed by atoms with Gasteiger partial charge >= 0.3 is 0 Å². The van der Waals surface area contributed by atoms with E-state index < -0.39 is 0 Å². The Morgan fingerprint density at radius 1 is 1.04 bits per heavy atom. The van der Waals surface area contributed by atoms with Crippen LogP contribution in [0.1, 0.15) is 0 Å². The molecule has 0 aliphatic carbocycles. The molecule has 6 nitrogen and oxygen atoms in total. The van der Waals surface area contributed by atoms with Gasteiger partial charge in [-0.25, -0.2) is 0 Å². The summed E-state index contributed by atoms with van der Waals surface area (Å²) in [6, 6.07) is 16.8. The number of amides is 1. The fraction of sp³-hybridized carbons (Fsp3) is 0.125. The number of para-hydroxylation sites is 1. The molecular weight excluding hydrogens is 312 g/mol. The van der Waals surface area contributed by atoms with Crippen LogP contribution < -0.4 is 26.2 Å². The second-order valence-corrected chi connectivity index (χ2v) is 4.99. The molecule has 23 heavy (non-hydrogen) atoms. The van der Waals surface area contributed by atoms with E-state index in [1.807, 2.05) is 48.5 Å². The number of carbonyl (C=O) groups excluding carboxylic acids is 1. The summed E-state index contributed by atoms with van der Waals surface area (Å²) < 4.78 is 5.13. The van der Waals surface area contributed by atoms with Gasteiger partial charge in [0.05, 0.1) is 13.7 Å². The Balaban J connectivity index is 1.72. The van der Waals surface area contributed by atoms with Gasteiger partial charge in [-0.1, -0.05) is 24.3 Å². The Morgan fingerprint density at radius 2 is 1.78 bits per heavy atom. The number of benzene rings is 2. The summed E-state index contributed by atoms with van der Waals surface area (Å²) in [6.45, 7) is 0.138. The van der Waals surface area contributed by atoms with Gasteiger partial charge < -0.3 is 15.4 Å². The van der Waals surface area contributed by atoms with Crippen LogP contribution in [0, 0.1) is 0 Å². The first-order chi connectivity index (χ1) is 11.2. The minimum absolute atomic E-state index is 0.138. The molecular formula is C16H18N4O2S. The van der Waals surface area contributed by atoms with E-state index in [0.29, 0.717) is 5.75 Å². The zero-order valence-corrected chi connectivity index (χ0v) is 13.4. The lowest BCUT2D eigenvalue weighted by molar-refractivity contribution is -0.119. The number of nitrogens with one attached hydrogen (secondary N) is 4. The molecule has 0 unspecified atom stereocenters. The number of rotatable bonds is 5. The molecule has 2 aromatic rings. The van der Waals surface area contributed by atoms with Crippen LogP contribution >= 0.6 is 12.2 Å². The van der Waals surface area contributed by atoms with Crippen LogP contribution in [0.4, 0.5) is 11.4 Å². The normalized spacial score (nSPS) is 9.61. The number of anilines is 2. The molecule has 0 heterocycles. The summed E-state index contributed by atoms with van der Waals surface area (Å²) in [5.74, 6) is 0.484. The highest BCUT2D eigenvalue weighted by molar-refractivity contribution is 7.80. The molecule has 0 aromatic heterocycles. The Kier molecular flexibility index (Phi) is 6.19. The number of methoxy groups -OCH3 is 1. The minimum Gasteiger partial charge on any atom is -0.497 e. The van der Waals surface area contributed by atoms with E-state index in [1.165, 1.54) is 0 Å². The quantitative estimate of drug-likeness (QED) is 0.497. The Bertz CT molecular complexity index is 664. The predicted molar refractivity (Wildman–Crippen MR) is 95.4 cm³/mol. The third-order valence-electron chi connectivity index (χ3n) is 2.87. The number of ether oxygens (including phenoxy) is 1. The predicted octanol–water partition coefficient (Wildman–Crippen LogP) is 2.12. The van der Waals surface area contributed by atoms with Gasteiger partial charge in [-0.15, -0.1) is 0 Å². The van der Waals surface area contributed by atoms with Crippen LogP contribution in [0.25, 0.3) is 0 Å². The van der Waals surface area contributed by atoms with Crippen molar-refractivity contribution in [2.24, 2.45) is 0 Å². The van der Waals surface area contributed by atoms with E-state index >= 15 is 0 Å². The Morgan fingerprint density at radius 3 is 2.52 bits per heavy atom. The van der Waals surface area contributed by atoms with Crippen molar-refractivity contribution in [2.45, 2.75) is 0 Å². The summed E-state index contributed by atoms with van der Waals surface area (Å²) in [7, 11) is 1.59. The van der Waals surface area contributed by atoms with Gasteiger partial charge in [-0.3, -0.25) is 15.6 Å². The van der Waals surface area contributed by atoms with Crippen molar-refractivity contribution in [1.82, 2.24) is 10.9 Å². The summed E-state index contributed by atoms with van der Waals surface area (Å²) in [6.07, 6.45) is 0. The summed E-state index contributed by atoms with van der Waals surface area (Å²) in [5, 5.41) is 6.24. The van der Waals surface area contributed by atoms with E-state index in [9.17, 15) is 4.79 Å². The molecule has 2 aromatic carbocycles. The SMILES string of the molecule is COc1cccc(NC(=S)NNC(=O)CNc2ccccc2)c1. The van der Waals surface area contributed by atoms with E-state index in [0.717, 1.165) is 11.4 Å². The lowest BCUT2D eigenvalue weighted by Crippen LogP contribution is -2.45. The van der Waals surface area contributed by atoms with Gasteiger partial charge in [-0.2, -0.15) is 0 Å². The fourth-order valence-corrected chi connectivity index (χ4v) is 1.94. The first kappa shape index (κ1) is 16.6. The molecule has 2 rings (SSSR count). The molecule has 120 valence electrons. The standard InChI is InChI=1S/C16H18N4O2S/c1-22-14-9-5-8-13(10-14)18-16(23)20-19-15(21)11-17-12-6-3-2-4-7-12/h2-10,17H,11H2,1H3,(H,19,21)(H2,18,20,23). The third-order valence-corrected chi connectivity index (χ3v) is 3.07. The number of hydrogen-bond donors (Lipinski definition) is 4. The van der Waals surface area contributed by atoms with Crippen molar-refractivity contribution in [3.05, 3.63) is 54.6 Å². The van der Waals surface area contributed by atoms with Crippen molar-refractivity contribution >= 4 is 34.6 Å². The monoisotopic (exact) mass is 330 g/mol. The van der Waals surface area contributed by atoms with Gasteiger partial charge in [0, 0.05) is 17.4 Å². The van der Waals surface area contributed by atoms with Gasteiger partial charge in [0.1, 0.15) is 5.75 Å². The first-order valence-corrected chi connectivity index (χ1v) is 7.37. The molecule has 0 spiro atoms. The maximum Gasteiger partial charge on any atom is 0.257 e. The second-order valence-electron chi connectivity index (χ2n) is 4.58. The molecule has 0 aliphatic heterocycles. The lowest BCUT2D eigenvalue weighted by atomic mass is 10.3. The van der Waals surface area contributed by atoms with E-state index in [4.69, 9.17) is 17.0 Å². The summed E-state index contributed by atoms with van der Waals surface area (Å²) in [5.41, 5.74) is 6.80. The average Bonchev–Trinajstić information content (AvgIpc) is 2.59. The smallest absolute Gasteiger partial charge is 0.257 e. The van der Waals surface area contributed by atoms with Crippen molar-refractivity contribution < 1.29 is 9.53 Å². The molecule has 1 amide bonds. The maximum atomic E-state index is 11.7. The molecule has 7 heteroatoms. The molecule has 0 bridgehead atoms. The van der Waals surface area contributed by atoms with Crippen LogP contribution in [-0.2, 0) is 4.79 Å². The molecule has 4 N–H and O–H groups in total. The fourth-order valence-electron chi connectivity index (χ4n) is 1.77. The molecule has 0 saturated heterocycles. The lowest BCUT2D eigenvalue weighted by Gasteiger charge is -2.12. The maximum absolute atomic E-state index is 11.7. The molecule has 0 radical (unpaired) electrons. The van der Waals surface area contributed by atoms with E-state index in [-0.39, 0.29) is 17.6 Å². The number of thiocarbonyl (C=S) groups is 1. The third kappa shape index (κ3) is 5.84. The highest BCUT2D eigenvalue weighted by Crippen LogP contribution is 2.16. The number of carbonyl (C=O) groups is 1. The van der Waals surface area contributed by atoms with E-state index in [1.54, 1.807) is 13.2 Å². The Hall–Kier alpha value is -2.80. The zero-order chi connectivity index (χ0) is 16.5.